The molecule has 3 aromatic rings. The van der Waals surface area contributed by atoms with E-state index < -0.39 is 12.4 Å². The maximum atomic E-state index is 12.9. The Morgan fingerprint density at radius 2 is 1.64 bits per heavy atom. The second kappa shape index (κ2) is 13.8. The minimum atomic E-state index is -2.50. The third-order valence-electron chi connectivity index (χ3n) is 7.20. The van der Waals surface area contributed by atoms with Crippen LogP contribution in [0.15, 0.2) is 66.9 Å². The van der Waals surface area contributed by atoms with Gasteiger partial charge >= 0.3 is 5.97 Å². The molecule has 1 amide bonds. The Balaban J connectivity index is 1.46. The standard InChI is InChI=1S/C31H34F2N2O4/c32-30(33)23-9-7-22(8-10-23)27-16-13-25(20-35-27)28(17-6-21-4-2-1-3-5-21)39-26-14-11-24(12-15-26)31(38)34-19-18-29(36)37/h7-16,20-21,28,30H,1-6,17-19H2,(H,34,38)(H,36,37). The summed E-state index contributed by atoms with van der Waals surface area (Å²) in [5.41, 5.74) is 2.80. The molecule has 206 valence electrons. The molecule has 2 aromatic carbocycles. The summed E-state index contributed by atoms with van der Waals surface area (Å²) in [7, 11) is 0. The van der Waals surface area contributed by atoms with E-state index in [2.05, 4.69) is 10.3 Å². The Morgan fingerprint density at radius 3 is 2.26 bits per heavy atom. The molecule has 0 bridgehead atoms. The summed E-state index contributed by atoms with van der Waals surface area (Å²) in [5.74, 6) is 0.00297. The van der Waals surface area contributed by atoms with Crippen LogP contribution in [0.2, 0.25) is 0 Å². The van der Waals surface area contributed by atoms with Crippen LogP contribution >= 0.6 is 0 Å². The van der Waals surface area contributed by atoms with E-state index >= 15 is 0 Å². The van der Waals surface area contributed by atoms with Crippen LogP contribution < -0.4 is 10.1 Å². The van der Waals surface area contributed by atoms with E-state index in [0.717, 1.165) is 24.0 Å². The first-order valence-corrected chi connectivity index (χ1v) is 13.5. The van der Waals surface area contributed by atoms with E-state index in [1.807, 2.05) is 12.1 Å². The molecule has 0 radical (unpaired) electrons. The number of carboxylic acid groups (broad SMARTS) is 1. The number of rotatable bonds is 12. The average Bonchev–Trinajstić information content (AvgIpc) is 2.96. The topological polar surface area (TPSA) is 88.5 Å². The maximum absolute atomic E-state index is 12.9. The number of benzene rings is 2. The van der Waals surface area contributed by atoms with Gasteiger partial charge in [0.2, 0.25) is 0 Å². The van der Waals surface area contributed by atoms with Crippen molar-refractivity contribution in [3.63, 3.8) is 0 Å². The fraction of sp³-hybridized carbons (Fsp3) is 0.387. The molecule has 2 N–H and O–H groups in total. The number of aromatic nitrogens is 1. The zero-order valence-corrected chi connectivity index (χ0v) is 21.8. The van der Waals surface area contributed by atoms with Crippen molar-refractivity contribution >= 4 is 11.9 Å². The van der Waals surface area contributed by atoms with Gasteiger partial charge in [0.1, 0.15) is 11.9 Å². The number of amides is 1. The molecule has 4 rings (SSSR count). The van der Waals surface area contributed by atoms with Crippen molar-refractivity contribution in [1.29, 1.82) is 0 Å². The Hall–Kier alpha value is -3.81. The van der Waals surface area contributed by atoms with E-state index in [-0.39, 0.29) is 30.5 Å². The lowest BCUT2D eigenvalue weighted by atomic mass is 9.85. The Morgan fingerprint density at radius 1 is 0.949 bits per heavy atom. The van der Waals surface area contributed by atoms with Crippen LogP contribution in [0.3, 0.4) is 0 Å². The Kier molecular flexibility index (Phi) is 10.00. The van der Waals surface area contributed by atoms with Gasteiger partial charge in [-0.25, -0.2) is 8.78 Å². The van der Waals surface area contributed by atoms with Gasteiger partial charge in [-0.05, 0) is 49.1 Å². The van der Waals surface area contributed by atoms with Gasteiger partial charge in [0.15, 0.2) is 0 Å². The van der Waals surface area contributed by atoms with Gasteiger partial charge in [-0.2, -0.15) is 0 Å². The average molecular weight is 537 g/mol. The number of ether oxygens (including phenoxy) is 1. The molecular weight excluding hydrogens is 502 g/mol. The molecule has 1 fully saturated rings. The number of halogens is 2. The van der Waals surface area contributed by atoms with Crippen LogP contribution in [0.25, 0.3) is 11.3 Å². The van der Waals surface area contributed by atoms with Gasteiger partial charge in [0, 0.05) is 35.0 Å². The van der Waals surface area contributed by atoms with Crippen LogP contribution in [0, 0.1) is 5.92 Å². The van der Waals surface area contributed by atoms with Crippen molar-refractivity contribution in [1.82, 2.24) is 10.3 Å². The number of carbonyl (C=O) groups is 2. The molecule has 8 heteroatoms. The third kappa shape index (κ3) is 8.34. The molecule has 0 spiro atoms. The second-order valence-corrected chi connectivity index (χ2v) is 10.0. The Labute approximate surface area is 227 Å². The van der Waals surface area contributed by atoms with Crippen molar-refractivity contribution in [2.75, 3.05) is 6.54 Å². The summed E-state index contributed by atoms with van der Waals surface area (Å²) in [6.07, 6.45) is 7.11. The lowest BCUT2D eigenvalue weighted by Crippen LogP contribution is -2.25. The summed E-state index contributed by atoms with van der Waals surface area (Å²) < 4.78 is 32.2. The smallest absolute Gasteiger partial charge is 0.305 e. The monoisotopic (exact) mass is 536 g/mol. The lowest BCUT2D eigenvalue weighted by molar-refractivity contribution is -0.136. The molecule has 1 aliphatic rings. The highest BCUT2D eigenvalue weighted by Crippen LogP contribution is 2.33. The first-order chi connectivity index (χ1) is 18.9. The highest BCUT2D eigenvalue weighted by atomic mass is 19.3. The van der Waals surface area contributed by atoms with Gasteiger partial charge in [-0.3, -0.25) is 14.6 Å². The summed E-state index contributed by atoms with van der Waals surface area (Å²) >= 11 is 0. The lowest BCUT2D eigenvalue weighted by Gasteiger charge is -2.25. The first kappa shape index (κ1) is 28.2. The fourth-order valence-electron chi connectivity index (χ4n) is 4.96. The predicted molar refractivity (Wildman–Crippen MR) is 145 cm³/mol. The quantitative estimate of drug-likeness (QED) is 0.252. The number of hydrogen-bond donors (Lipinski definition) is 2. The molecule has 6 nitrogen and oxygen atoms in total. The van der Waals surface area contributed by atoms with Gasteiger partial charge in [0.05, 0.1) is 12.1 Å². The minimum Gasteiger partial charge on any atom is -0.486 e. The number of alkyl halides is 2. The van der Waals surface area contributed by atoms with Crippen LogP contribution in [-0.2, 0) is 4.79 Å². The van der Waals surface area contributed by atoms with Crippen LogP contribution in [0.5, 0.6) is 5.75 Å². The minimum absolute atomic E-state index is 0.0182. The molecule has 1 atom stereocenters. The zero-order valence-electron chi connectivity index (χ0n) is 21.8. The summed E-state index contributed by atoms with van der Waals surface area (Å²) in [4.78, 5) is 27.5. The molecule has 0 aliphatic heterocycles. The molecule has 0 saturated heterocycles. The van der Waals surface area contributed by atoms with E-state index in [1.165, 1.54) is 44.2 Å². The molecule has 39 heavy (non-hydrogen) atoms. The summed E-state index contributed by atoms with van der Waals surface area (Å²) in [5, 5.41) is 11.3. The van der Waals surface area contributed by atoms with Crippen molar-refractivity contribution in [3.8, 4) is 17.0 Å². The van der Waals surface area contributed by atoms with Gasteiger partial charge in [-0.1, -0.05) is 62.4 Å². The van der Waals surface area contributed by atoms with E-state index in [1.54, 1.807) is 42.6 Å². The highest BCUT2D eigenvalue weighted by molar-refractivity contribution is 5.94. The SMILES string of the molecule is O=C(O)CCNC(=O)c1ccc(OC(CCC2CCCCC2)c2ccc(-c3ccc(C(F)F)cc3)nc2)cc1. The van der Waals surface area contributed by atoms with Gasteiger partial charge in [-0.15, -0.1) is 0 Å². The van der Waals surface area contributed by atoms with E-state index in [9.17, 15) is 18.4 Å². The normalized spacial score (nSPS) is 14.6. The number of carbonyl (C=O) groups excluding carboxylic acids is 1. The van der Waals surface area contributed by atoms with Crippen molar-refractivity contribution < 1.29 is 28.2 Å². The third-order valence-corrected chi connectivity index (χ3v) is 7.20. The van der Waals surface area contributed by atoms with Crippen LogP contribution in [-0.4, -0.2) is 28.5 Å². The number of hydrogen-bond acceptors (Lipinski definition) is 4. The van der Waals surface area contributed by atoms with E-state index in [4.69, 9.17) is 9.84 Å². The predicted octanol–water partition coefficient (Wildman–Crippen LogP) is 7.37. The highest BCUT2D eigenvalue weighted by Gasteiger charge is 2.20. The van der Waals surface area contributed by atoms with Crippen molar-refractivity contribution in [2.45, 2.75) is 63.9 Å². The number of nitrogens with zero attached hydrogens (tertiary/aromatic N) is 1. The summed E-state index contributed by atoms with van der Waals surface area (Å²) in [6.45, 7) is 0.0645. The molecule has 1 aliphatic carbocycles. The van der Waals surface area contributed by atoms with Crippen LogP contribution in [0.4, 0.5) is 8.78 Å². The first-order valence-electron chi connectivity index (χ1n) is 13.5. The fourth-order valence-corrected chi connectivity index (χ4v) is 4.96. The van der Waals surface area contributed by atoms with Gasteiger partial charge < -0.3 is 15.2 Å². The molecule has 1 aromatic heterocycles. The van der Waals surface area contributed by atoms with Gasteiger partial charge in [0.25, 0.3) is 12.3 Å². The molecule has 1 saturated carbocycles. The van der Waals surface area contributed by atoms with Crippen LogP contribution in [0.1, 0.15) is 85.4 Å². The maximum Gasteiger partial charge on any atom is 0.305 e. The number of pyridine rings is 1. The van der Waals surface area contributed by atoms with E-state index in [0.29, 0.717) is 22.9 Å². The summed E-state index contributed by atoms with van der Waals surface area (Å²) in [6, 6.07) is 16.8. The zero-order chi connectivity index (χ0) is 27.6. The molecule has 1 heterocycles. The Bertz CT molecular complexity index is 1210. The molecular formula is C31H34F2N2O4. The largest absolute Gasteiger partial charge is 0.486 e. The number of aliphatic carboxylic acids is 1. The number of carboxylic acids is 1. The number of nitrogens with one attached hydrogen (secondary N) is 1. The molecule has 1 unspecified atom stereocenters. The van der Waals surface area contributed by atoms with Crippen molar-refractivity contribution in [3.05, 3.63) is 83.6 Å². The van der Waals surface area contributed by atoms with Crippen molar-refractivity contribution in [2.24, 2.45) is 5.92 Å². The second-order valence-electron chi connectivity index (χ2n) is 10.0.